The average molecular weight is 496 g/mol. The third-order valence-corrected chi connectivity index (χ3v) is 6.91. The molecule has 0 aromatic heterocycles. The zero-order valence-electron chi connectivity index (χ0n) is 21.1. The normalized spacial score (nSPS) is 16.7. The van der Waals surface area contributed by atoms with E-state index in [1.165, 1.54) is 49.4 Å². The fourth-order valence-corrected chi connectivity index (χ4v) is 4.73. The van der Waals surface area contributed by atoms with Crippen molar-refractivity contribution in [3.63, 3.8) is 0 Å². The molecule has 0 spiro atoms. The second kappa shape index (κ2) is 14.6. The molecule has 188 valence electrons. The van der Waals surface area contributed by atoms with E-state index in [1.807, 2.05) is 18.2 Å². The van der Waals surface area contributed by atoms with Crippen molar-refractivity contribution in [3.05, 3.63) is 59.2 Å². The molecule has 2 aromatic carbocycles. The molecule has 0 bridgehead atoms. The predicted octanol–water partition coefficient (Wildman–Crippen LogP) is 6.16. The van der Waals surface area contributed by atoms with Gasteiger partial charge in [0.15, 0.2) is 16.7 Å². The summed E-state index contributed by atoms with van der Waals surface area (Å²) >= 11 is 1.42. The topological polar surface area (TPSA) is 72.3 Å². The van der Waals surface area contributed by atoms with Gasteiger partial charge < -0.3 is 14.8 Å². The average Bonchev–Trinajstić information content (AvgIpc) is 3.22. The molecule has 2 aromatic rings. The van der Waals surface area contributed by atoms with Crippen LogP contribution in [-0.4, -0.2) is 36.3 Å². The largest absolute Gasteiger partial charge is 0.493 e. The SMILES string of the molecule is CCCCCCOc1ccc(/C=N\N=C2\NC(=O)[C@H](Cc3ccc(CCCC)cc3)S2)cc1OC. The molecule has 1 N–H and O–H groups in total. The molecule has 1 saturated heterocycles. The molecule has 1 aliphatic heterocycles. The van der Waals surface area contributed by atoms with Gasteiger partial charge in [-0.2, -0.15) is 5.10 Å². The monoisotopic (exact) mass is 495 g/mol. The molecule has 1 aliphatic rings. The molecule has 0 saturated carbocycles. The van der Waals surface area contributed by atoms with Crippen molar-refractivity contribution in [1.82, 2.24) is 5.32 Å². The number of thioether (sulfide) groups is 1. The summed E-state index contributed by atoms with van der Waals surface area (Å²) in [7, 11) is 1.63. The number of methoxy groups -OCH3 is 1. The van der Waals surface area contributed by atoms with Crippen LogP contribution < -0.4 is 14.8 Å². The highest BCUT2D eigenvalue weighted by molar-refractivity contribution is 8.15. The third kappa shape index (κ3) is 8.73. The minimum Gasteiger partial charge on any atom is -0.493 e. The lowest BCUT2D eigenvalue weighted by Gasteiger charge is -2.11. The van der Waals surface area contributed by atoms with Crippen LogP contribution in [0.15, 0.2) is 52.7 Å². The van der Waals surface area contributed by atoms with Crippen LogP contribution >= 0.6 is 11.8 Å². The van der Waals surface area contributed by atoms with Gasteiger partial charge in [0.25, 0.3) is 0 Å². The molecule has 6 nitrogen and oxygen atoms in total. The van der Waals surface area contributed by atoms with Crippen molar-refractivity contribution in [2.24, 2.45) is 10.2 Å². The van der Waals surface area contributed by atoms with Crippen LogP contribution in [0.4, 0.5) is 0 Å². The zero-order valence-corrected chi connectivity index (χ0v) is 21.9. The predicted molar refractivity (Wildman–Crippen MR) is 146 cm³/mol. The highest BCUT2D eigenvalue weighted by Gasteiger charge is 2.30. The van der Waals surface area contributed by atoms with Crippen molar-refractivity contribution in [2.45, 2.75) is 70.5 Å². The van der Waals surface area contributed by atoms with Crippen molar-refractivity contribution in [2.75, 3.05) is 13.7 Å². The number of rotatable bonds is 14. The maximum absolute atomic E-state index is 12.4. The van der Waals surface area contributed by atoms with E-state index in [9.17, 15) is 4.79 Å². The van der Waals surface area contributed by atoms with Crippen LogP contribution in [0.3, 0.4) is 0 Å². The van der Waals surface area contributed by atoms with Gasteiger partial charge >= 0.3 is 0 Å². The molecule has 35 heavy (non-hydrogen) atoms. The Bertz CT molecular complexity index is 1010. The summed E-state index contributed by atoms with van der Waals surface area (Å²) in [5.74, 6) is 1.37. The van der Waals surface area contributed by atoms with E-state index < -0.39 is 0 Å². The first kappa shape index (κ1) is 26.8. The molecule has 0 aliphatic carbocycles. The number of hydrogen-bond donors (Lipinski definition) is 1. The first-order valence-electron chi connectivity index (χ1n) is 12.6. The van der Waals surface area contributed by atoms with Crippen LogP contribution in [0.1, 0.15) is 69.1 Å². The lowest BCUT2D eigenvalue weighted by molar-refractivity contribution is -0.118. The summed E-state index contributed by atoms with van der Waals surface area (Å²) in [6, 6.07) is 14.3. The second-order valence-electron chi connectivity index (χ2n) is 8.69. The Balaban J connectivity index is 1.52. The number of ether oxygens (including phenoxy) is 2. The molecule has 0 radical (unpaired) electrons. The van der Waals surface area contributed by atoms with Gasteiger partial charge in [-0.15, -0.1) is 5.10 Å². The number of benzene rings is 2. The molecule has 3 rings (SSSR count). The van der Waals surface area contributed by atoms with Gasteiger partial charge in [-0.3, -0.25) is 4.79 Å². The first-order valence-corrected chi connectivity index (χ1v) is 13.5. The Kier molecular flexibility index (Phi) is 11.2. The van der Waals surface area contributed by atoms with Crippen molar-refractivity contribution in [3.8, 4) is 11.5 Å². The lowest BCUT2D eigenvalue weighted by atomic mass is 10.0. The second-order valence-corrected chi connectivity index (χ2v) is 9.88. The van der Waals surface area contributed by atoms with Crippen LogP contribution in [-0.2, 0) is 17.6 Å². The molecule has 0 unspecified atom stereocenters. The van der Waals surface area contributed by atoms with E-state index in [2.05, 4.69) is 53.6 Å². The van der Waals surface area contributed by atoms with Gasteiger partial charge in [-0.05, 0) is 60.6 Å². The van der Waals surface area contributed by atoms with E-state index in [0.717, 1.165) is 29.7 Å². The Hall–Kier alpha value is -2.80. The minimum atomic E-state index is -0.195. The summed E-state index contributed by atoms with van der Waals surface area (Å²) in [5.41, 5.74) is 3.35. The Morgan fingerprint density at radius 3 is 2.49 bits per heavy atom. The van der Waals surface area contributed by atoms with E-state index in [-0.39, 0.29) is 11.2 Å². The van der Waals surface area contributed by atoms with Crippen molar-refractivity contribution >= 4 is 29.1 Å². The maximum atomic E-state index is 12.4. The van der Waals surface area contributed by atoms with E-state index in [4.69, 9.17) is 9.47 Å². The zero-order chi connectivity index (χ0) is 24.9. The van der Waals surface area contributed by atoms with Crippen LogP contribution in [0.2, 0.25) is 0 Å². The molecular formula is C28H37N3O3S. The smallest absolute Gasteiger partial charge is 0.239 e. The molecular weight excluding hydrogens is 458 g/mol. The van der Waals surface area contributed by atoms with E-state index in [0.29, 0.717) is 23.9 Å². The highest BCUT2D eigenvalue weighted by atomic mass is 32.2. The third-order valence-electron chi connectivity index (χ3n) is 5.84. The number of amidine groups is 1. The number of nitrogens with one attached hydrogen (secondary N) is 1. The number of aryl methyl sites for hydroxylation is 1. The fraction of sp³-hybridized carbons (Fsp3) is 0.464. The fourth-order valence-electron chi connectivity index (χ4n) is 3.77. The van der Waals surface area contributed by atoms with E-state index >= 15 is 0 Å². The molecule has 1 fully saturated rings. The van der Waals surface area contributed by atoms with Gasteiger partial charge in [-0.1, -0.05) is 75.6 Å². The number of hydrogen-bond acceptors (Lipinski definition) is 6. The standard InChI is InChI=1S/C28H37N3O3S/c1-4-6-8-9-17-34-24-16-15-23(18-25(24)33-3)20-29-31-28-30-27(32)26(35-28)19-22-13-11-21(12-14-22)10-7-5-2/h11-16,18,20,26H,4-10,17,19H2,1-3H3,(H,30,31,32)/b29-20-/t26-/m0/s1. The minimum absolute atomic E-state index is 0.0267. The van der Waals surface area contributed by atoms with Crippen LogP contribution in [0.25, 0.3) is 0 Å². The first-order chi connectivity index (χ1) is 17.1. The summed E-state index contributed by atoms with van der Waals surface area (Å²) in [4.78, 5) is 12.4. The summed E-state index contributed by atoms with van der Waals surface area (Å²) in [5, 5.41) is 11.5. The van der Waals surface area contributed by atoms with Gasteiger partial charge in [-0.25, -0.2) is 0 Å². The summed E-state index contributed by atoms with van der Waals surface area (Å²) < 4.78 is 11.3. The molecule has 1 heterocycles. The lowest BCUT2D eigenvalue weighted by Crippen LogP contribution is -2.25. The quantitative estimate of drug-likeness (QED) is 0.193. The Morgan fingerprint density at radius 1 is 0.971 bits per heavy atom. The number of carbonyl (C=O) groups excluding carboxylic acids is 1. The Labute approximate surface area is 213 Å². The van der Waals surface area contributed by atoms with Gasteiger partial charge in [0.05, 0.1) is 25.2 Å². The Morgan fingerprint density at radius 2 is 1.74 bits per heavy atom. The van der Waals surface area contributed by atoms with Crippen molar-refractivity contribution in [1.29, 1.82) is 0 Å². The van der Waals surface area contributed by atoms with E-state index in [1.54, 1.807) is 13.3 Å². The van der Waals surface area contributed by atoms with Crippen LogP contribution in [0.5, 0.6) is 11.5 Å². The highest BCUT2D eigenvalue weighted by Crippen LogP contribution is 2.28. The maximum Gasteiger partial charge on any atom is 0.239 e. The number of nitrogens with zero attached hydrogens (tertiary/aromatic N) is 2. The number of carbonyl (C=O) groups is 1. The van der Waals surface area contributed by atoms with Gasteiger partial charge in [0.1, 0.15) is 0 Å². The van der Waals surface area contributed by atoms with Gasteiger partial charge in [0.2, 0.25) is 5.91 Å². The summed E-state index contributed by atoms with van der Waals surface area (Å²) in [6.07, 6.45) is 10.4. The molecule has 7 heteroatoms. The summed E-state index contributed by atoms with van der Waals surface area (Å²) in [6.45, 7) is 5.07. The van der Waals surface area contributed by atoms with Crippen molar-refractivity contribution < 1.29 is 14.3 Å². The molecule has 1 atom stereocenters. The number of unbranched alkanes of at least 4 members (excludes halogenated alkanes) is 4. The van der Waals surface area contributed by atoms with Gasteiger partial charge in [0, 0.05) is 0 Å². The number of amides is 1. The molecule has 1 amide bonds. The van der Waals surface area contributed by atoms with Crippen LogP contribution in [0, 0.1) is 0 Å².